The van der Waals surface area contributed by atoms with Gasteiger partial charge in [-0.2, -0.15) is 0 Å². The third kappa shape index (κ3) is 2.05. The molecule has 0 aliphatic heterocycles. The van der Waals surface area contributed by atoms with Crippen LogP contribution in [0.1, 0.15) is 18.1 Å². The quantitative estimate of drug-likeness (QED) is 0.504. The third-order valence-corrected chi connectivity index (χ3v) is 4.94. The minimum absolute atomic E-state index is 1.12. The standard InChI is InChI=1S/C17H13BrS/c1-3-5-11-6-8-14-15-10-12(18)7-9-16(15)19-17(14)13(11)4-2/h3-10H,2H2,1H3/b5-3-. The van der Waals surface area contributed by atoms with Crippen LogP contribution in [-0.4, -0.2) is 0 Å². The van der Waals surface area contributed by atoms with Gasteiger partial charge in [0.15, 0.2) is 0 Å². The molecule has 94 valence electrons. The maximum absolute atomic E-state index is 3.98. The van der Waals surface area contributed by atoms with Crippen LogP contribution in [0.4, 0.5) is 0 Å². The molecule has 2 heteroatoms. The third-order valence-electron chi connectivity index (χ3n) is 3.22. The van der Waals surface area contributed by atoms with Crippen LogP contribution in [0.25, 0.3) is 32.3 Å². The molecule has 0 bridgehead atoms. The molecule has 0 aliphatic carbocycles. The van der Waals surface area contributed by atoms with Gasteiger partial charge in [0, 0.05) is 24.6 Å². The summed E-state index contributed by atoms with van der Waals surface area (Å²) in [6.45, 7) is 6.02. The lowest BCUT2D eigenvalue weighted by Crippen LogP contribution is -1.80. The van der Waals surface area contributed by atoms with Gasteiger partial charge in [0.1, 0.15) is 0 Å². The lowest BCUT2D eigenvalue weighted by molar-refractivity contribution is 1.69. The Bertz CT molecular complexity index is 809. The van der Waals surface area contributed by atoms with E-state index in [0.717, 1.165) is 4.47 Å². The van der Waals surface area contributed by atoms with Crippen molar-refractivity contribution in [2.45, 2.75) is 6.92 Å². The fraction of sp³-hybridized carbons (Fsp3) is 0.0588. The molecule has 0 atom stereocenters. The summed E-state index contributed by atoms with van der Waals surface area (Å²) in [6.07, 6.45) is 6.16. The Morgan fingerprint density at radius 2 is 2.00 bits per heavy atom. The summed E-state index contributed by atoms with van der Waals surface area (Å²) in [5.74, 6) is 0. The number of hydrogen-bond donors (Lipinski definition) is 0. The van der Waals surface area contributed by atoms with Gasteiger partial charge in [-0.1, -0.05) is 52.9 Å². The second kappa shape index (κ2) is 4.95. The number of fused-ring (bicyclic) bond motifs is 3. The van der Waals surface area contributed by atoms with Crippen LogP contribution in [0, 0.1) is 0 Å². The lowest BCUT2D eigenvalue weighted by Gasteiger charge is -2.02. The Morgan fingerprint density at radius 1 is 1.16 bits per heavy atom. The molecule has 0 saturated heterocycles. The van der Waals surface area contributed by atoms with Crippen molar-refractivity contribution in [2.24, 2.45) is 0 Å². The largest absolute Gasteiger partial charge is 0.135 e. The fourth-order valence-electron chi connectivity index (χ4n) is 2.38. The molecule has 0 radical (unpaired) electrons. The number of benzene rings is 2. The van der Waals surface area contributed by atoms with Gasteiger partial charge in [0.2, 0.25) is 0 Å². The van der Waals surface area contributed by atoms with Gasteiger partial charge in [0.25, 0.3) is 0 Å². The molecule has 0 spiro atoms. The summed E-state index contributed by atoms with van der Waals surface area (Å²) in [5.41, 5.74) is 2.46. The van der Waals surface area contributed by atoms with Crippen LogP contribution < -0.4 is 0 Å². The monoisotopic (exact) mass is 328 g/mol. The van der Waals surface area contributed by atoms with Gasteiger partial charge in [-0.3, -0.25) is 0 Å². The molecule has 0 N–H and O–H groups in total. The molecule has 0 unspecified atom stereocenters. The Labute approximate surface area is 125 Å². The average Bonchev–Trinajstić information content (AvgIpc) is 2.77. The molecule has 1 aromatic heterocycles. The van der Waals surface area contributed by atoms with E-state index < -0.39 is 0 Å². The van der Waals surface area contributed by atoms with Crippen molar-refractivity contribution in [3.63, 3.8) is 0 Å². The molecule has 0 nitrogen and oxygen atoms in total. The molecule has 0 aliphatic rings. The van der Waals surface area contributed by atoms with E-state index in [1.165, 1.54) is 31.3 Å². The molecule has 19 heavy (non-hydrogen) atoms. The zero-order valence-electron chi connectivity index (χ0n) is 10.6. The molecular formula is C17H13BrS. The van der Waals surface area contributed by atoms with Crippen LogP contribution in [0.5, 0.6) is 0 Å². The highest BCUT2D eigenvalue weighted by Gasteiger charge is 2.10. The number of thiophene rings is 1. The van der Waals surface area contributed by atoms with Crippen LogP contribution in [0.3, 0.4) is 0 Å². The predicted molar refractivity (Wildman–Crippen MR) is 91.8 cm³/mol. The van der Waals surface area contributed by atoms with Crippen molar-refractivity contribution in [3.05, 3.63) is 58.6 Å². The SMILES string of the molecule is C=Cc1c(/C=C\C)ccc2c1sc1ccc(Br)cc12. The van der Waals surface area contributed by atoms with Gasteiger partial charge < -0.3 is 0 Å². The van der Waals surface area contributed by atoms with Gasteiger partial charge in [-0.05, 0) is 36.2 Å². The van der Waals surface area contributed by atoms with E-state index in [1.807, 2.05) is 24.3 Å². The van der Waals surface area contributed by atoms with Crippen molar-refractivity contribution in [3.8, 4) is 0 Å². The molecule has 0 fully saturated rings. The molecule has 0 saturated carbocycles. The highest BCUT2D eigenvalue weighted by molar-refractivity contribution is 9.10. The fourth-order valence-corrected chi connectivity index (χ4v) is 3.98. The van der Waals surface area contributed by atoms with Gasteiger partial charge >= 0.3 is 0 Å². The summed E-state index contributed by atoms with van der Waals surface area (Å²) >= 11 is 5.39. The second-order valence-electron chi connectivity index (χ2n) is 4.39. The second-order valence-corrected chi connectivity index (χ2v) is 6.36. The van der Waals surface area contributed by atoms with Crippen LogP contribution >= 0.6 is 27.3 Å². The Kier molecular flexibility index (Phi) is 3.29. The summed E-state index contributed by atoms with van der Waals surface area (Å²) in [6, 6.07) is 10.8. The first-order valence-electron chi connectivity index (χ1n) is 6.14. The zero-order valence-corrected chi connectivity index (χ0v) is 13.0. The van der Waals surface area contributed by atoms with E-state index in [4.69, 9.17) is 0 Å². The molecule has 3 aromatic rings. The molecule has 3 rings (SSSR count). The van der Waals surface area contributed by atoms with E-state index in [0.29, 0.717) is 0 Å². The molecular weight excluding hydrogens is 316 g/mol. The van der Waals surface area contributed by atoms with Crippen LogP contribution in [0.2, 0.25) is 0 Å². The Hall–Kier alpha value is -1.38. The van der Waals surface area contributed by atoms with Crippen molar-refractivity contribution in [1.29, 1.82) is 0 Å². The number of rotatable bonds is 2. The van der Waals surface area contributed by atoms with Gasteiger partial charge in [-0.25, -0.2) is 0 Å². The number of hydrogen-bond acceptors (Lipinski definition) is 1. The maximum atomic E-state index is 3.98. The van der Waals surface area contributed by atoms with E-state index in [9.17, 15) is 0 Å². The molecule has 2 aromatic carbocycles. The first-order chi connectivity index (χ1) is 9.24. The summed E-state index contributed by atoms with van der Waals surface area (Å²) in [5, 5.41) is 2.62. The lowest BCUT2D eigenvalue weighted by atomic mass is 10.0. The number of allylic oxidation sites excluding steroid dienone is 1. The number of halogens is 1. The summed E-state index contributed by atoms with van der Waals surface area (Å²) in [7, 11) is 0. The van der Waals surface area contributed by atoms with E-state index in [2.05, 4.69) is 65.0 Å². The van der Waals surface area contributed by atoms with Crippen molar-refractivity contribution in [2.75, 3.05) is 0 Å². The van der Waals surface area contributed by atoms with Crippen molar-refractivity contribution < 1.29 is 0 Å². The van der Waals surface area contributed by atoms with Crippen LogP contribution in [0.15, 0.2) is 47.5 Å². The van der Waals surface area contributed by atoms with Gasteiger partial charge in [0.05, 0.1) is 0 Å². The first-order valence-corrected chi connectivity index (χ1v) is 7.75. The topological polar surface area (TPSA) is 0 Å². The highest BCUT2D eigenvalue weighted by atomic mass is 79.9. The molecule has 1 heterocycles. The van der Waals surface area contributed by atoms with Crippen LogP contribution in [-0.2, 0) is 0 Å². The first kappa shape index (κ1) is 12.6. The van der Waals surface area contributed by atoms with E-state index in [1.54, 1.807) is 0 Å². The van der Waals surface area contributed by atoms with E-state index in [-0.39, 0.29) is 0 Å². The minimum atomic E-state index is 1.12. The zero-order chi connectivity index (χ0) is 13.4. The smallest absolute Gasteiger partial charge is 0.0433 e. The summed E-state index contributed by atoms with van der Waals surface area (Å²) in [4.78, 5) is 0. The predicted octanol–water partition coefficient (Wildman–Crippen LogP) is 6.49. The Balaban J connectivity index is 2.46. The normalized spacial score (nSPS) is 11.7. The minimum Gasteiger partial charge on any atom is -0.135 e. The molecule has 0 amide bonds. The maximum Gasteiger partial charge on any atom is 0.0433 e. The Morgan fingerprint density at radius 3 is 2.74 bits per heavy atom. The van der Waals surface area contributed by atoms with Gasteiger partial charge in [-0.15, -0.1) is 11.3 Å². The van der Waals surface area contributed by atoms with E-state index >= 15 is 0 Å². The average molecular weight is 329 g/mol. The summed E-state index contributed by atoms with van der Waals surface area (Å²) < 4.78 is 3.76. The van der Waals surface area contributed by atoms with Crippen molar-refractivity contribution in [1.82, 2.24) is 0 Å². The highest BCUT2D eigenvalue weighted by Crippen LogP contribution is 2.39. The van der Waals surface area contributed by atoms with Crippen molar-refractivity contribution >= 4 is 59.6 Å².